The lowest BCUT2D eigenvalue weighted by Gasteiger charge is -2.13. The van der Waals surface area contributed by atoms with Gasteiger partial charge in [0.15, 0.2) is 9.86 Å². The number of anilines is 1. The van der Waals surface area contributed by atoms with Crippen molar-refractivity contribution in [3.05, 3.63) is 50.3 Å². The van der Waals surface area contributed by atoms with Gasteiger partial charge in [-0.2, -0.15) is 0 Å². The Kier molecular flexibility index (Phi) is 4.48. The van der Waals surface area contributed by atoms with Gasteiger partial charge < -0.3 is 4.74 Å². The van der Waals surface area contributed by atoms with Crippen molar-refractivity contribution in [2.24, 2.45) is 0 Å². The lowest BCUT2D eigenvalue weighted by Crippen LogP contribution is -2.27. The first kappa shape index (κ1) is 17.7. The van der Waals surface area contributed by atoms with Gasteiger partial charge in [-0.15, -0.1) is 11.3 Å². The lowest BCUT2D eigenvalue weighted by molar-refractivity contribution is 0.417. The van der Waals surface area contributed by atoms with E-state index in [2.05, 4.69) is 9.71 Å². The predicted molar refractivity (Wildman–Crippen MR) is 97.6 cm³/mol. The second kappa shape index (κ2) is 6.32. The monoisotopic (exact) mass is 399 g/mol. The Morgan fingerprint density at radius 1 is 1.32 bits per heavy atom. The first-order chi connectivity index (χ1) is 11.7. The summed E-state index contributed by atoms with van der Waals surface area (Å²) in [4.78, 5) is 17.8. The molecule has 2 heterocycles. The van der Waals surface area contributed by atoms with E-state index >= 15 is 0 Å². The largest absolute Gasteiger partial charge is 0.495 e. The number of sulfonamides is 1. The molecule has 0 spiro atoms. The summed E-state index contributed by atoms with van der Waals surface area (Å²) in [6.45, 7) is 3.30. The Morgan fingerprint density at radius 3 is 2.72 bits per heavy atom. The highest BCUT2D eigenvalue weighted by atomic mass is 35.5. The zero-order valence-electron chi connectivity index (χ0n) is 13.5. The first-order valence-electron chi connectivity index (χ1n) is 7.08. The summed E-state index contributed by atoms with van der Waals surface area (Å²) in [6.07, 6.45) is 1.56. The standard InChI is InChI=1S/C15H14ClN3O4S2/c1-8-7-19-14(20)13(9(2)17-15(19)24-8)25(21,22)18-11-6-10(16)4-5-12(11)23-3/h4-7,18H,1-3H3. The van der Waals surface area contributed by atoms with Crippen molar-refractivity contribution in [2.75, 3.05) is 11.8 Å². The second-order valence-electron chi connectivity index (χ2n) is 5.28. The van der Waals surface area contributed by atoms with Crippen LogP contribution in [0.4, 0.5) is 5.69 Å². The fraction of sp³-hybridized carbons (Fsp3) is 0.200. The summed E-state index contributed by atoms with van der Waals surface area (Å²) >= 11 is 7.24. The Balaban J connectivity index is 2.17. The number of halogens is 1. The molecule has 10 heteroatoms. The van der Waals surface area contributed by atoms with Gasteiger partial charge in [0.25, 0.3) is 15.6 Å². The zero-order chi connectivity index (χ0) is 18.4. The molecule has 1 aromatic carbocycles. The molecule has 7 nitrogen and oxygen atoms in total. The average molecular weight is 400 g/mol. The van der Waals surface area contributed by atoms with E-state index in [9.17, 15) is 13.2 Å². The predicted octanol–water partition coefficient (Wildman–Crippen LogP) is 2.84. The number of nitrogens with one attached hydrogen (secondary N) is 1. The number of aromatic nitrogens is 2. The molecule has 0 fully saturated rings. The van der Waals surface area contributed by atoms with Crippen LogP contribution in [0.2, 0.25) is 5.02 Å². The Hall–Kier alpha value is -2.10. The molecular formula is C15H14ClN3O4S2. The molecule has 0 radical (unpaired) electrons. The second-order valence-corrected chi connectivity index (χ2v) is 8.54. The van der Waals surface area contributed by atoms with Crippen molar-refractivity contribution < 1.29 is 13.2 Å². The summed E-state index contributed by atoms with van der Waals surface area (Å²) in [5.41, 5.74) is -0.388. The Morgan fingerprint density at radius 2 is 2.04 bits per heavy atom. The number of hydrogen-bond acceptors (Lipinski definition) is 6. The van der Waals surface area contributed by atoms with E-state index in [-0.39, 0.29) is 17.1 Å². The SMILES string of the molecule is COc1ccc(Cl)cc1NS(=O)(=O)c1c(C)nc2sc(C)cn2c1=O. The van der Waals surface area contributed by atoms with E-state index in [0.29, 0.717) is 9.98 Å². The normalized spacial score (nSPS) is 11.7. The van der Waals surface area contributed by atoms with E-state index in [0.717, 1.165) is 4.88 Å². The number of thiazole rings is 1. The molecule has 132 valence electrons. The molecule has 0 atom stereocenters. The van der Waals surface area contributed by atoms with Crippen molar-refractivity contribution in [2.45, 2.75) is 18.7 Å². The van der Waals surface area contributed by atoms with Crippen molar-refractivity contribution in [3.63, 3.8) is 0 Å². The maximum Gasteiger partial charge on any atom is 0.279 e. The molecule has 0 aliphatic heterocycles. The topological polar surface area (TPSA) is 89.8 Å². The number of methoxy groups -OCH3 is 1. The molecule has 0 saturated heterocycles. The number of ether oxygens (including phenoxy) is 1. The molecule has 1 N–H and O–H groups in total. The highest BCUT2D eigenvalue weighted by Crippen LogP contribution is 2.29. The van der Waals surface area contributed by atoms with E-state index in [1.807, 2.05) is 6.92 Å². The average Bonchev–Trinajstić information content (AvgIpc) is 2.87. The third-order valence-corrected chi connectivity index (χ3v) is 6.08. The summed E-state index contributed by atoms with van der Waals surface area (Å²) in [5.74, 6) is 0.283. The van der Waals surface area contributed by atoms with E-state index in [1.165, 1.54) is 41.9 Å². The zero-order valence-corrected chi connectivity index (χ0v) is 15.9. The summed E-state index contributed by atoms with van der Waals surface area (Å²) in [6, 6.07) is 4.51. The van der Waals surface area contributed by atoms with Gasteiger partial charge in [0, 0.05) is 16.1 Å². The third kappa shape index (κ3) is 3.22. The van der Waals surface area contributed by atoms with E-state index < -0.39 is 20.5 Å². The van der Waals surface area contributed by atoms with Gasteiger partial charge in [0.05, 0.1) is 18.5 Å². The van der Waals surface area contributed by atoms with Crippen molar-refractivity contribution in [1.29, 1.82) is 0 Å². The van der Waals surface area contributed by atoms with Gasteiger partial charge in [-0.3, -0.25) is 13.9 Å². The molecule has 3 aromatic rings. The number of nitrogens with zero attached hydrogens (tertiary/aromatic N) is 2. The van der Waals surface area contributed by atoms with Crippen LogP contribution in [0.25, 0.3) is 4.96 Å². The van der Waals surface area contributed by atoms with Crippen LogP contribution in [-0.2, 0) is 10.0 Å². The number of benzene rings is 1. The fourth-order valence-corrected chi connectivity index (χ4v) is 4.75. The molecule has 25 heavy (non-hydrogen) atoms. The molecule has 0 aliphatic carbocycles. The highest BCUT2D eigenvalue weighted by Gasteiger charge is 2.25. The van der Waals surface area contributed by atoms with Crippen molar-refractivity contribution in [3.8, 4) is 5.75 Å². The van der Waals surface area contributed by atoms with Crippen LogP contribution in [0.5, 0.6) is 5.75 Å². The number of hydrogen-bond donors (Lipinski definition) is 1. The lowest BCUT2D eigenvalue weighted by atomic mass is 10.3. The molecule has 0 unspecified atom stereocenters. The van der Waals surface area contributed by atoms with Crippen LogP contribution in [0.3, 0.4) is 0 Å². The summed E-state index contributed by atoms with van der Waals surface area (Å²) in [7, 11) is -2.78. The highest BCUT2D eigenvalue weighted by molar-refractivity contribution is 7.92. The van der Waals surface area contributed by atoms with Crippen molar-refractivity contribution >= 4 is 43.6 Å². The van der Waals surface area contributed by atoms with Gasteiger partial charge in [-0.1, -0.05) is 11.6 Å². The smallest absolute Gasteiger partial charge is 0.279 e. The third-order valence-electron chi connectivity index (χ3n) is 3.45. The van der Waals surface area contributed by atoms with Crippen molar-refractivity contribution in [1.82, 2.24) is 9.38 Å². The van der Waals surface area contributed by atoms with Gasteiger partial charge in [-0.25, -0.2) is 13.4 Å². The van der Waals surface area contributed by atoms with E-state index in [1.54, 1.807) is 12.3 Å². The minimum Gasteiger partial charge on any atom is -0.495 e. The fourth-order valence-electron chi connectivity index (χ4n) is 2.40. The molecule has 2 aromatic heterocycles. The molecule has 0 amide bonds. The summed E-state index contributed by atoms with van der Waals surface area (Å²) < 4.78 is 34.4. The maximum atomic E-state index is 12.8. The molecule has 0 aliphatic rings. The first-order valence-corrected chi connectivity index (χ1v) is 9.76. The minimum atomic E-state index is -4.19. The maximum absolute atomic E-state index is 12.8. The van der Waals surface area contributed by atoms with Gasteiger partial charge in [0.1, 0.15) is 5.75 Å². The molecule has 0 saturated carbocycles. The van der Waals surface area contributed by atoms with Crippen LogP contribution in [-0.4, -0.2) is 24.9 Å². The molecule has 0 bridgehead atoms. The number of fused-ring (bicyclic) bond motifs is 1. The van der Waals surface area contributed by atoms with Crippen LogP contribution in [0.1, 0.15) is 10.6 Å². The summed E-state index contributed by atoms with van der Waals surface area (Å²) in [5, 5.41) is 0.328. The molecular weight excluding hydrogens is 386 g/mol. The molecule has 3 rings (SSSR count). The van der Waals surface area contributed by atoms with Gasteiger partial charge in [0.2, 0.25) is 0 Å². The van der Waals surface area contributed by atoms with Crippen LogP contribution in [0, 0.1) is 13.8 Å². The van der Waals surface area contributed by atoms with Crippen LogP contribution in [0.15, 0.2) is 34.1 Å². The van der Waals surface area contributed by atoms with Gasteiger partial charge in [-0.05, 0) is 32.0 Å². The van der Waals surface area contributed by atoms with E-state index in [4.69, 9.17) is 16.3 Å². The number of aryl methyl sites for hydroxylation is 2. The Labute approximate surface area is 152 Å². The minimum absolute atomic E-state index is 0.125. The quantitative estimate of drug-likeness (QED) is 0.728. The Bertz CT molecular complexity index is 1140. The number of rotatable bonds is 4. The van der Waals surface area contributed by atoms with Gasteiger partial charge >= 0.3 is 0 Å². The van der Waals surface area contributed by atoms with Crippen LogP contribution >= 0.6 is 22.9 Å². The van der Waals surface area contributed by atoms with Crippen LogP contribution < -0.4 is 15.0 Å².